The molecule has 0 aromatic heterocycles. The quantitative estimate of drug-likeness (QED) is 0.699. The Bertz CT molecular complexity index is 767. The summed E-state index contributed by atoms with van der Waals surface area (Å²) in [4.78, 5) is 25.5. The Morgan fingerprint density at radius 2 is 1.88 bits per heavy atom. The van der Waals surface area contributed by atoms with Gasteiger partial charge in [-0.05, 0) is 50.5 Å². The van der Waals surface area contributed by atoms with E-state index < -0.39 is 23.5 Å². The molecule has 0 spiro atoms. The van der Waals surface area contributed by atoms with Gasteiger partial charge in [0, 0.05) is 41.7 Å². The molecule has 130 valence electrons. The average Bonchev–Trinajstić information content (AvgIpc) is 2.49. The maximum atomic E-state index is 12.2. The van der Waals surface area contributed by atoms with E-state index in [0.717, 1.165) is 18.7 Å². The average molecular weight is 339 g/mol. The zero-order valence-electron chi connectivity index (χ0n) is 14.3. The number of carboxylic acids is 1. The molecule has 1 aliphatic heterocycles. The summed E-state index contributed by atoms with van der Waals surface area (Å²) in [7, 11) is 0. The molecule has 0 saturated carbocycles. The number of rotatable bonds is 4. The number of aliphatic carboxylic acids is 1. The maximum absolute atomic E-state index is 12.2. The lowest BCUT2D eigenvalue weighted by atomic mass is 9.95. The molecule has 6 nitrogen and oxygen atoms in total. The number of nitrogens with one attached hydrogen (secondary N) is 1. The third-order valence-corrected chi connectivity index (χ3v) is 3.75. The highest BCUT2D eigenvalue weighted by molar-refractivity contribution is 5.97. The van der Waals surface area contributed by atoms with Crippen LogP contribution < -0.4 is 11.1 Å². The van der Waals surface area contributed by atoms with Crippen LogP contribution in [0, 0.1) is 23.8 Å². The predicted molar refractivity (Wildman–Crippen MR) is 94.4 cm³/mol. The van der Waals surface area contributed by atoms with E-state index in [0.29, 0.717) is 5.56 Å². The monoisotopic (exact) mass is 339 g/mol. The van der Waals surface area contributed by atoms with Crippen molar-refractivity contribution in [2.24, 2.45) is 5.73 Å². The molecule has 0 bridgehead atoms. The number of nitrogens with zero attached hydrogens (tertiary/aromatic N) is 1. The van der Waals surface area contributed by atoms with Gasteiger partial charge in [-0.2, -0.15) is 0 Å². The fourth-order valence-electron chi connectivity index (χ4n) is 2.12. The molecule has 0 aliphatic carbocycles. The van der Waals surface area contributed by atoms with E-state index in [4.69, 9.17) is 5.73 Å². The van der Waals surface area contributed by atoms with Crippen LogP contribution in [-0.2, 0) is 4.79 Å². The lowest BCUT2D eigenvalue weighted by molar-refractivity contribution is -0.140. The molecule has 1 aromatic rings. The topological polar surface area (TPSA) is 95.7 Å². The summed E-state index contributed by atoms with van der Waals surface area (Å²) < 4.78 is 0. The first kappa shape index (κ1) is 18.4. The van der Waals surface area contributed by atoms with Crippen molar-refractivity contribution in [2.45, 2.75) is 31.8 Å². The Balaban J connectivity index is 2.00. The van der Waals surface area contributed by atoms with Gasteiger partial charge >= 0.3 is 5.97 Å². The van der Waals surface area contributed by atoms with Crippen LogP contribution in [0.1, 0.15) is 36.2 Å². The van der Waals surface area contributed by atoms with Gasteiger partial charge < -0.3 is 21.1 Å². The van der Waals surface area contributed by atoms with Gasteiger partial charge in [-0.15, -0.1) is 0 Å². The Labute approximate surface area is 147 Å². The summed E-state index contributed by atoms with van der Waals surface area (Å²) in [5, 5.41) is 11.6. The van der Waals surface area contributed by atoms with Gasteiger partial charge in [0.1, 0.15) is 6.04 Å². The molecule has 1 aliphatic rings. The number of likely N-dealkylation sites (tertiary alicyclic amines) is 1. The number of benzene rings is 1. The second-order valence-electron chi connectivity index (χ2n) is 6.47. The molecular weight excluding hydrogens is 318 g/mol. The van der Waals surface area contributed by atoms with Gasteiger partial charge in [0.05, 0.1) is 0 Å². The first-order chi connectivity index (χ1) is 11.8. The van der Waals surface area contributed by atoms with Gasteiger partial charge in [0.25, 0.3) is 5.91 Å². The Morgan fingerprint density at radius 1 is 1.24 bits per heavy atom. The van der Waals surface area contributed by atoms with Crippen molar-refractivity contribution in [1.82, 2.24) is 10.2 Å². The molecular formula is C19H21N3O3. The molecule has 1 saturated heterocycles. The van der Waals surface area contributed by atoms with E-state index in [2.05, 4.69) is 29.1 Å². The third-order valence-electron chi connectivity index (χ3n) is 3.75. The summed E-state index contributed by atoms with van der Waals surface area (Å²) in [5.41, 5.74) is 5.79. The van der Waals surface area contributed by atoms with Gasteiger partial charge in [-0.25, -0.2) is 4.79 Å². The van der Waals surface area contributed by atoms with Crippen LogP contribution in [0.4, 0.5) is 0 Å². The molecule has 1 unspecified atom stereocenters. The van der Waals surface area contributed by atoms with Crippen molar-refractivity contribution < 1.29 is 14.7 Å². The Kier molecular flexibility index (Phi) is 5.69. The molecule has 25 heavy (non-hydrogen) atoms. The number of nitrogens with two attached hydrogens (primary N) is 1. The molecule has 1 atom stereocenters. The van der Waals surface area contributed by atoms with E-state index in [9.17, 15) is 14.7 Å². The van der Waals surface area contributed by atoms with Crippen LogP contribution in [0.15, 0.2) is 24.3 Å². The fraction of sp³-hybridized carbons (Fsp3) is 0.368. The number of carbonyl (C=O) groups is 2. The van der Waals surface area contributed by atoms with Crippen LogP contribution in [0.5, 0.6) is 0 Å². The van der Waals surface area contributed by atoms with E-state index in [1.165, 1.54) is 6.42 Å². The predicted octanol–water partition coefficient (Wildman–Crippen LogP) is 0.625. The minimum atomic E-state index is -1.18. The highest BCUT2D eigenvalue weighted by atomic mass is 16.4. The molecule has 0 radical (unpaired) electrons. The molecule has 6 heteroatoms. The Hall–Kier alpha value is -2.96. The summed E-state index contributed by atoms with van der Waals surface area (Å²) in [6.07, 6.45) is 1.18. The zero-order valence-corrected chi connectivity index (χ0v) is 14.3. The number of carbonyl (C=O) groups excluding carboxylic acids is 1. The van der Waals surface area contributed by atoms with Crippen molar-refractivity contribution in [2.75, 3.05) is 13.1 Å². The van der Waals surface area contributed by atoms with Gasteiger partial charge in [-0.3, -0.25) is 4.79 Å². The van der Waals surface area contributed by atoms with Crippen LogP contribution >= 0.6 is 0 Å². The normalized spacial score (nSPS) is 14.1. The summed E-state index contributed by atoms with van der Waals surface area (Å²) in [6.45, 7) is 5.09. The highest BCUT2D eigenvalue weighted by Crippen LogP contribution is 2.09. The van der Waals surface area contributed by atoms with Crippen LogP contribution in [0.2, 0.25) is 0 Å². The van der Waals surface area contributed by atoms with Crippen molar-refractivity contribution in [3.63, 3.8) is 0 Å². The smallest absolute Gasteiger partial charge is 0.328 e. The highest BCUT2D eigenvalue weighted by Gasteiger charge is 2.33. The molecule has 1 aromatic carbocycles. The third kappa shape index (κ3) is 5.27. The fourth-order valence-corrected chi connectivity index (χ4v) is 2.12. The SMILES string of the molecule is CC(C)(N)C(NC(=O)c1ccc(C#CC#CN2CCC2)cc1)C(=O)O. The van der Waals surface area contributed by atoms with Crippen molar-refractivity contribution in [3.8, 4) is 23.8 Å². The maximum Gasteiger partial charge on any atom is 0.328 e. The summed E-state index contributed by atoms with van der Waals surface area (Å²) in [5.74, 6) is 6.78. The minimum absolute atomic E-state index is 0.340. The van der Waals surface area contributed by atoms with Crippen LogP contribution in [0.25, 0.3) is 0 Å². The summed E-state index contributed by atoms with van der Waals surface area (Å²) >= 11 is 0. The number of hydrogen-bond donors (Lipinski definition) is 3. The van der Waals surface area contributed by atoms with Gasteiger partial charge in [0.15, 0.2) is 0 Å². The molecule has 1 amide bonds. The number of carboxylic acid groups (broad SMARTS) is 1. The standard InChI is InChI=1S/C19H21N3O3/c1-19(2,20)16(18(24)25)21-17(23)15-9-7-14(8-10-15)6-3-4-11-22-12-5-13-22/h7-10,16H,5,12-13,20H2,1-2H3,(H,21,23)(H,24,25). The Morgan fingerprint density at radius 3 is 2.36 bits per heavy atom. The van der Waals surface area contributed by atoms with Crippen molar-refractivity contribution in [1.29, 1.82) is 0 Å². The van der Waals surface area contributed by atoms with Gasteiger partial charge in [0.2, 0.25) is 0 Å². The van der Waals surface area contributed by atoms with Crippen molar-refractivity contribution >= 4 is 11.9 Å². The molecule has 2 rings (SSSR count). The number of hydrogen-bond acceptors (Lipinski definition) is 4. The molecule has 1 fully saturated rings. The van der Waals surface area contributed by atoms with Crippen molar-refractivity contribution in [3.05, 3.63) is 35.4 Å². The second-order valence-corrected chi connectivity index (χ2v) is 6.47. The minimum Gasteiger partial charge on any atom is -0.480 e. The van der Waals surface area contributed by atoms with E-state index in [1.54, 1.807) is 38.1 Å². The number of amides is 1. The van der Waals surface area contributed by atoms with Crippen LogP contribution in [0.3, 0.4) is 0 Å². The molecule has 1 heterocycles. The largest absolute Gasteiger partial charge is 0.480 e. The van der Waals surface area contributed by atoms with E-state index in [1.807, 2.05) is 4.90 Å². The van der Waals surface area contributed by atoms with Crippen LogP contribution in [-0.4, -0.2) is 46.6 Å². The van der Waals surface area contributed by atoms with Gasteiger partial charge in [-0.1, -0.05) is 5.92 Å². The molecule has 4 N–H and O–H groups in total. The lowest BCUT2D eigenvalue weighted by Gasteiger charge is -2.27. The lowest BCUT2D eigenvalue weighted by Crippen LogP contribution is -2.58. The zero-order chi connectivity index (χ0) is 18.4. The first-order valence-electron chi connectivity index (χ1n) is 7.96. The second kappa shape index (κ2) is 7.74. The first-order valence-corrected chi connectivity index (χ1v) is 7.96. The van der Waals surface area contributed by atoms with E-state index >= 15 is 0 Å². The summed E-state index contributed by atoms with van der Waals surface area (Å²) in [6, 6.07) is 8.32. The van der Waals surface area contributed by atoms with E-state index in [-0.39, 0.29) is 0 Å².